The average Bonchev–Trinajstić information content (AvgIpc) is 2.54. The Labute approximate surface area is 134 Å². The van der Waals surface area contributed by atoms with Crippen molar-refractivity contribution in [3.63, 3.8) is 0 Å². The van der Waals surface area contributed by atoms with E-state index in [0.29, 0.717) is 5.69 Å². The summed E-state index contributed by atoms with van der Waals surface area (Å²) in [6.45, 7) is 1.99. The number of benzene rings is 2. The highest BCUT2D eigenvalue weighted by Gasteiger charge is 2.14. The predicted molar refractivity (Wildman–Crippen MR) is 85.1 cm³/mol. The zero-order valence-electron chi connectivity index (χ0n) is 12.8. The molecular weight excluding hydrogens is 295 g/mol. The summed E-state index contributed by atoms with van der Waals surface area (Å²) < 4.78 is 18.7. The molecule has 0 heterocycles. The van der Waals surface area contributed by atoms with Crippen LogP contribution in [0.15, 0.2) is 48.5 Å². The molecule has 0 fully saturated rings. The molecular formula is C18H17FN2O2. The van der Waals surface area contributed by atoms with Gasteiger partial charge in [-0.25, -0.2) is 4.39 Å². The van der Waals surface area contributed by atoms with Gasteiger partial charge in [0.1, 0.15) is 24.1 Å². The molecule has 2 aromatic rings. The van der Waals surface area contributed by atoms with Crippen LogP contribution in [0.2, 0.25) is 0 Å². The minimum atomic E-state index is -0.587. The summed E-state index contributed by atoms with van der Waals surface area (Å²) in [6, 6.07) is 15.3. The monoisotopic (exact) mass is 312 g/mol. The van der Waals surface area contributed by atoms with Crippen LogP contribution in [0, 0.1) is 17.1 Å². The summed E-state index contributed by atoms with van der Waals surface area (Å²) in [6.07, 6.45) is 0.119. The Balaban J connectivity index is 1.87. The van der Waals surface area contributed by atoms with Crippen LogP contribution in [0.5, 0.6) is 0 Å². The van der Waals surface area contributed by atoms with Crippen molar-refractivity contribution in [3.8, 4) is 6.07 Å². The van der Waals surface area contributed by atoms with Crippen LogP contribution in [-0.2, 0) is 16.1 Å². The number of esters is 1. The number of hydrogen-bond acceptors (Lipinski definition) is 4. The third-order valence-corrected chi connectivity index (χ3v) is 3.24. The molecule has 1 atom stereocenters. The molecule has 0 aliphatic rings. The number of hydrogen-bond donors (Lipinski definition) is 1. The van der Waals surface area contributed by atoms with E-state index in [9.17, 15) is 9.18 Å². The summed E-state index contributed by atoms with van der Waals surface area (Å²) in [5.74, 6) is -0.944. The Morgan fingerprint density at radius 1 is 1.26 bits per heavy atom. The molecule has 1 N–H and O–H groups in total. The number of nitrogens with one attached hydrogen (secondary N) is 1. The van der Waals surface area contributed by atoms with E-state index in [1.165, 1.54) is 12.1 Å². The Morgan fingerprint density at radius 3 is 2.70 bits per heavy atom. The molecule has 0 aliphatic heterocycles. The molecule has 118 valence electrons. The van der Waals surface area contributed by atoms with Crippen molar-refractivity contribution in [3.05, 3.63) is 65.5 Å². The fourth-order valence-corrected chi connectivity index (χ4v) is 2.12. The molecule has 0 amide bonds. The van der Waals surface area contributed by atoms with Gasteiger partial charge in [0, 0.05) is 6.04 Å². The topological polar surface area (TPSA) is 62.1 Å². The molecule has 0 bridgehead atoms. The second kappa shape index (κ2) is 7.95. The molecule has 4 nitrogen and oxygen atoms in total. The van der Waals surface area contributed by atoms with Gasteiger partial charge in [-0.15, -0.1) is 0 Å². The lowest BCUT2D eigenvalue weighted by Gasteiger charge is -2.16. The van der Waals surface area contributed by atoms with Crippen LogP contribution in [0.4, 0.5) is 10.1 Å². The van der Waals surface area contributed by atoms with E-state index in [0.717, 1.165) is 5.56 Å². The normalized spacial score (nSPS) is 11.3. The van der Waals surface area contributed by atoms with E-state index in [2.05, 4.69) is 5.32 Å². The van der Waals surface area contributed by atoms with E-state index in [1.54, 1.807) is 13.0 Å². The number of nitriles is 1. The molecule has 0 aliphatic carbocycles. The van der Waals surface area contributed by atoms with E-state index in [-0.39, 0.29) is 30.6 Å². The molecule has 2 rings (SSSR count). The lowest BCUT2D eigenvalue weighted by Crippen LogP contribution is -2.21. The summed E-state index contributed by atoms with van der Waals surface area (Å²) in [7, 11) is 0. The van der Waals surface area contributed by atoms with Crippen LogP contribution in [0.3, 0.4) is 0 Å². The highest BCUT2D eigenvalue weighted by molar-refractivity contribution is 5.71. The molecule has 0 spiro atoms. The molecule has 0 saturated carbocycles. The lowest BCUT2D eigenvalue weighted by molar-refractivity contribution is -0.145. The third-order valence-electron chi connectivity index (χ3n) is 3.24. The maximum Gasteiger partial charge on any atom is 0.308 e. The largest absolute Gasteiger partial charge is 0.461 e. The fraction of sp³-hybridized carbons (Fsp3) is 0.222. The van der Waals surface area contributed by atoms with Crippen LogP contribution in [-0.4, -0.2) is 12.0 Å². The van der Waals surface area contributed by atoms with Crippen LogP contribution < -0.4 is 5.32 Å². The molecule has 5 heteroatoms. The number of carbonyl (C=O) groups is 1. The Morgan fingerprint density at radius 2 is 2.00 bits per heavy atom. The first-order valence-corrected chi connectivity index (χ1v) is 7.25. The number of rotatable bonds is 6. The van der Waals surface area contributed by atoms with Gasteiger partial charge in [0.05, 0.1) is 12.1 Å². The minimum absolute atomic E-state index is 0.0583. The van der Waals surface area contributed by atoms with Crippen molar-refractivity contribution in [1.29, 1.82) is 5.26 Å². The van der Waals surface area contributed by atoms with Gasteiger partial charge >= 0.3 is 5.97 Å². The molecule has 0 aromatic heterocycles. The number of anilines is 1. The van der Waals surface area contributed by atoms with E-state index < -0.39 is 5.82 Å². The Bertz CT molecular complexity index is 711. The number of nitrogens with zero attached hydrogens (tertiary/aromatic N) is 1. The van der Waals surface area contributed by atoms with E-state index in [1.807, 2.05) is 36.4 Å². The van der Waals surface area contributed by atoms with Gasteiger partial charge in [0.25, 0.3) is 0 Å². The van der Waals surface area contributed by atoms with E-state index in [4.69, 9.17) is 10.00 Å². The first-order chi connectivity index (χ1) is 11.1. The molecule has 2 aromatic carbocycles. The third kappa shape index (κ3) is 4.82. The molecule has 23 heavy (non-hydrogen) atoms. The smallest absolute Gasteiger partial charge is 0.308 e. The van der Waals surface area contributed by atoms with Gasteiger partial charge in [0.15, 0.2) is 0 Å². The highest BCUT2D eigenvalue weighted by Crippen LogP contribution is 2.19. The quantitative estimate of drug-likeness (QED) is 0.827. The Hall–Kier alpha value is -2.87. The maximum absolute atomic E-state index is 13.5. The van der Waals surface area contributed by atoms with Gasteiger partial charge < -0.3 is 10.1 Å². The van der Waals surface area contributed by atoms with Crippen molar-refractivity contribution in [2.45, 2.75) is 26.0 Å². The second-order valence-electron chi connectivity index (χ2n) is 5.17. The molecule has 0 saturated heterocycles. The number of ether oxygens (including phenoxy) is 1. The van der Waals surface area contributed by atoms with Gasteiger partial charge in [-0.05, 0) is 24.6 Å². The van der Waals surface area contributed by atoms with E-state index >= 15 is 0 Å². The minimum Gasteiger partial charge on any atom is -0.461 e. The SMILES string of the molecule is CC(CC(=O)OCc1ccccc1)Nc1cccc(F)c1C#N. The maximum atomic E-state index is 13.5. The van der Waals surface area contributed by atoms with Gasteiger partial charge in [-0.1, -0.05) is 36.4 Å². The summed E-state index contributed by atoms with van der Waals surface area (Å²) >= 11 is 0. The first kappa shape index (κ1) is 16.5. The fourth-order valence-electron chi connectivity index (χ4n) is 2.12. The van der Waals surface area contributed by atoms with Crippen LogP contribution in [0.1, 0.15) is 24.5 Å². The standard InChI is InChI=1S/C18H17FN2O2/c1-13(21-17-9-5-8-16(19)15(17)11-20)10-18(22)23-12-14-6-3-2-4-7-14/h2-9,13,21H,10,12H2,1H3. The Kier molecular flexibility index (Phi) is 5.70. The van der Waals surface area contributed by atoms with Gasteiger partial charge in [-0.3, -0.25) is 4.79 Å². The van der Waals surface area contributed by atoms with Crippen LogP contribution >= 0.6 is 0 Å². The first-order valence-electron chi connectivity index (χ1n) is 7.25. The van der Waals surface area contributed by atoms with Crippen molar-refractivity contribution < 1.29 is 13.9 Å². The zero-order valence-corrected chi connectivity index (χ0v) is 12.8. The molecule has 1 unspecified atom stereocenters. The van der Waals surface area contributed by atoms with Crippen LogP contribution in [0.25, 0.3) is 0 Å². The van der Waals surface area contributed by atoms with Crippen molar-refractivity contribution in [1.82, 2.24) is 0 Å². The van der Waals surface area contributed by atoms with Gasteiger partial charge in [-0.2, -0.15) is 5.26 Å². The van der Waals surface area contributed by atoms with Crippen molar-refractivity contribution in [2.75, 3.05) is 5.32 Å². The lowest BCUT2D eigenvalue weighted by atomic mass is 10.1. The summed E-state index contributed by atoms with van der Waals surface area (Å²) in [5.41, 5.74) is 1.23. The zero-order chi connectivity index (χ0) is 16.7. The highest BCUT2D eigenvalue weighted by atomic mass is 19.1. The summed E-state index contributed by atoms with van der Waals surface area (Å²) in [5, 5.41) is 12.0. The second-order valence-corrected chi connectivity index (χ2v) is 5.17. The number of halogens is 1. The average molecular weight is 312 g/mol. The molecule has 0 radical (unpaired) electrons. The van der Waals surface area contributed by atoms with Gasteiger partial charge in [0.2, 0.25) is 0 Å². The summed E-state index contributed by atoms with van der Waals surface area (Å²) in [4.78, 5) is 11.8. The van der Waals surface area contributed by atoms with Crippen molar-refractivity contribution in [2.24, 2.45) is 0 Å². The predicted octanol–water partition coefficient (Wildman–Crippen LogP) is 3.63. The number of carbonyl (C=O) groups excluding carboxylic acids is 1. The van der Waals surface area contributed by atoms with Crippen molar-refractivity contribution >= 4 is 11.7 Å².